The van der Waals surface area contributed by atoms with Gasteiger partial charge in [-0.25, -0.2) is 0 Å². The summed E-state index contributed by atoms with van der Waals surface area (Å²) in [5.41, 5.74) is 0. The van der Waals surface area contributed by atoms with E-state index < -0.39 is 0 Å². The molecule has 4 aliphatic rings. The third kappa shape index (κ3) is 5.24. The van der Waals surface area contributed by atoms with E-state index in [2.05, 4.69) is 11.8 Å². The minimum atomic E-state index is 0. The molecular formula is C14H23BNaO2S2. The van der Waals surface area contributed by atoms with Crippen molar-refractivity contribution < 1.29 is 40.9 Å². The molecule has 20 heavy (non-hydrogen) atoms. The number of Topliss-reactive ketones (excluding diaryl/α,β-unsaturated/α-hetero) is 1. The van der Waals surface area contributed by atoms with Crippen LogP contribution in [-0.4, -0.2) is 46.4 Å². The van der Waals surface area contributed by atoms with E-state index in [4.69, 9.17) is 0 Å². The topological polar surface area (TPSA) is 37.3 Å². The number of hydrogen-bond acceptors (Lipinski definition) is 4. The van der Waals surface area contributed by atoms with Crippen LogP contribution >= 0.6 is 23.5 Å². The van der Waals surface area contributed by atoms with E-state index in [1.54, 1.807) is 0 Å². The molecule has 4 bridgehead atoms. The molecule has 107 valence electrons. The van der Waals surface area contributed by atoms with Gasteiger partial charge < -0.3 is 6.53 Å². The first-order valence-corrected chi connectivity index (χ1v) is 9.08. The SMILES string of the molecule is O=C1CC2CCC(C1)S2.OC1CC2CCC(C1)S2.[B].[H-].[Na+]. The Kier molecular flexibility index (Phi) is 8.63. The van der Waals surface area contributed by atoms with Crippen LogP contribution in [0.5, 0.6) is 0 Å². The van der Waals surface area contributed by atoms with Crippen molar-refractivity contribution in [3.63, 3.8) is 0 Å². The zero-order valence-electron chi connectivity index (χ0n) is 13.3. The Balaban J connectivity index is 0.000000333. The van der Waals surface area contributed by atoms with Crippen LogP contribution in [0.25, 0.3) is 0 Å². The Morgan fingerprint density at radius 1 is 0.900 bits per heavy atom. The molecule has 0 aromatic heterocycles. The molecular weight excluding hydrogens is 298 g/mol. The number of thioether (sulfide) groups is 2. The van der Waals surface area contributed by atoms with Gasteiger partial charge in [0, 0.05) is 42.3 Å². The van der Waals surface area contributed by atoms with Crippen LogP contribution < -0.4 is 29.6 Å². The average molecular weight is 321 g/mol. The van der Waals surface area contributed by atoms with Crippen LogP contribution in [-0.2, 0) is 4.79 Å². The van der Waals surface area contributed by atoms with Crippen LogP contribution in [0.4, 0.5) is 0 Å². The summed E-state index contributed by atoms with van der Waals surface area (Å²) in [5, 5.41) is 12.3. The Morgan fingerprint density at radius 2 is 1.30 bits per heavy atom. The molecule has 6 heteroatoms. The Bertz CT molecular complexity index is 312. The van der Waals surface area contributed by atoms with Crippen LogP contribution in [0, 0.1) is 0 Å². The third-order valence-electron chi connectivity index (χ3n) is 4.37. The van der Waals surface area contributed by atoms with E-state index >= 15 is 0 Å². The van der Waals surface area contributed by atoms with Gasteiger partial charge in [-0.05, 0) is 38.5 Å². The average Bonchev–Trinajstić information content (AvgIpc) is 2.83. The molecule has 1 N–H and O–H groups in total. The maximum atomic E-state index is 10.9. The van der Waals surface area contributed by atoms with E-state index in [1.165, 1.54) is 25.7 Å². The van der Waals surface area contributed by atoms with Gasteiger partial charge >= 0.3 is 29.6 Å². The van der Waals surface area contributed by atoms with Crippen molar-refractivity contribution >= 4 is 37.7 Å². The van der Waals surface area contributed by atoms with Gasteiger partial charge in [0.15, 0.2) is 0 Å². The first-order chi connectivity index (χ1) is 8.69. The summed E-state index contributed by atoms with van der Waals surface area (Å²) in [4.78, 5) is 10.9. The van der Waals surface area contributed by atoms with Crippen LogP contribution in [0.1, 0.15) is 52.8 Å². The zero-order valence-corrected chi connectivity index (χ0v) is 15.9. The summed E-state index contributed by atoms with van der Waals surface area (Å²) < 4.78 is 0. The van der Waals surface area contributed by atoms with Gasteiger partial charge in [-0.3, -0.25) is 4.79 Å². The first-order valence-electron chi connectivity index (χ1n) is 7.19. The summed E-state index contributed by atoms with van der Waals surface area (Å²) >= 11 is 4.13. The minimum Gasteiger partial charge on any atom is -1.00 e. The van der Waals surface area contributed by atoms with Crippen LogP contribution in [0.3, 0.4) is 0 Å². The standard InChI is InChI=1S/C7H12OS.C7H10OS.B.Na.H/c2*8-5-3-6-1-2-7(4-5)9-6;;;/h5-8H,1-4H2;6-7H,1-4H2;;;/q;;;+1;-1. The number of carbonyl (C=O) groups excluding carboxylic acids is 1. The number of aliphatic hydroxyl groups is 1. The molecule has 0 saturated carbocycles. The Hall–Kier alpha value is 1.39. The van der Waals surface area contributed by atoms with Crippen LogP contribution in [0.2, 0.25) is 0 Å². The molecule has 4 saturated heterocycles. The molecule has 4 rings (SSSR count). The normalized spacial score (nSPS) is 41.0. The second kappa shape index (κ2) is 8.88. The van der Waals surface area contributed by atoms with Crippen LogP contribution in [0.15, 0.2) is 0 Å². The molecule has 0 spiro atoms. The van der Waals surface area contributed by atoms with E-state index in [0.717, 1.165) is 36.2 Å². The fourth-order valence-corrected chi connectivity index (χ4v) is 6.91. The monoisotopic (exact) mass is 321 g/mol. The first kappa shape index (κ1) is 19.4. The molecule has 4 unspecified atom stereocenters. The van der Waals surface area contributed by atoms with E-state index in [0.29, 0.717) is 16.3 Å². The predicted octanol–water partition coefficient (Wildman–Crippen LogP) is -0.245. The fourth-order valence-electron chi connectivity index (χ4n) is 3.50. The predicted molar refractivity (Wildman–Crippen MR) is 85.1 cm³/mol. The summed E-state index contributed by atoms with van der Waals surface area (Å²) in [6.45, 7) is 0. The quantitative estimate of drug-likeness (QED) is 0.625. The largest absolute Gasteiger partial charge is 1.00 e. The molecule has 0 aromatic carbocycles. The molecule has 3 radical (unpaired) electrons. The van der Waals surface area contributed by atoms with Crippen molar-refractivity contribution in [3.05, 3.63) is 0 Å². The van der Waals surface area contributed by atoms with Gasteiger partial charge in [-0.15, -0.1) is 0 Å². The fraction of sp³-hybridized carbons (Fsp3) is 0.929. The van der Waals surface area contributed by atoms with Crippen molar-refractivity contribution in [2.45, 2.75) is 78.5 Å². The Labute approximate surface area is 156 Å². The van der Waals surface area contributed by atoms with Gasteiger partial charge in [0.1, 0.15) is 5.78 Å². The van der Waals surface area contributed by atoms with Crippen molar-refractivity contribution in [2.75, 3.05) is 0 Å². The second-order valence-electron chi connectivity index (χ2n) is 5.99. The molecule has 4 atom stereocenters. The van der Waals surface area contributed by atoms with E-state index in [9.17, 15) is 9.90 Å². The molecule has 4 heterocycles. The van der Waals surface area contributed by atoms with Gasteiger partial charge in [0.2, 0.25) is 0 Å². The third-order valence-corrected chi connectivity index (χ3v) is 7.57. The molecule has 0 aliphatic carbocycles. The molecule has 4 aliphatic heterocycles. The zero-order chi connectivity index (χ0) is 12.5. The minimum absolute atomic E-state index is 0. The van der Waals surface area contributed by atoms with Crippen molar-refractivity contribution in [2.24, 2.45) is 0 Å². The Morgan fingerprint density at radius 3 is 1.80 bits per heavy atom. The molecule has 2 nitrogen and oxygen atoms in total. The van der Waals surface area contributed by atoms with E-state index in [1.807, 2.05) is 11.8 Å². The maximum Gasteiger partial charge on any atom is 1.00 e. The van der Waals surface area contributed by atoms with Crippen molar-refractivity contribution in [1.29, 1.82) is 0 Å². The number of rotatable bonds is 0. The maximum absolute atomic E-state index is 10.9. The summed E-state index contributed by atoms with van der Waals surface area (Å²) in [5.74, 6) is 0.501. The van der Waals surface area contributed by atoms with Gasteiger partial charge in [-0.2, -0.15) is 23.5 Å². The number of aliphatic hydroxyl groups excluding tert-OH is 1. The van der Waals surface area contributed by atoms with Crippen molar-refractivity contribution in [1.82, 2.24) is 0 Å². The van der Waals surface area contributed by atoms with Gasteiger partial charge in [0.05, 0.1) is 6.10 Å². The number of fused-ring (bicyclic) bond motifs is 4. The molecule has 0 amide bonds. The second-order valence-corrected chi connectivity index (χ2v) is 9.20. The van der Waals surface area contributed by atoms with Gasteiger partial charge in [-0.1, -0.05) is 0 Å². The summed E-state index contributed by atoms with van der Waals surface area (Å²) in [6, 6.07) is 0. The summed E-state index contributed by atoms with van der Waals surface area (Å²) in [7, 11) is 0. The molecule has 4 fully saturated rings. The smallest absolute Gasteiger partial charge is 1.00 e. The van der Waals surface area contributed by atoms with Crippen molar-refractivity contribution in [3.8, 4) is 0 Å². The van der Waals surface area contributed by atoms with E-state index in [-0.39, 0.29) is 45.5 Å². The number of ketones is 1. The summed E-state index contributed by atoms with van der Waals surface area (Å²) in [6.07, 6.45) is 9.16. The number of carbonyl (C=O) groups is 1. The molecule has 0 aromatic rings. The number of hydrogen-bond donors (Lipinski definition) is 1. The van der Waals surface area contributed by atoms with Gasteiger partial charge in [0.25, 0.3) is 0 Å².